The molecule has 2 aromatic heterocycles. The van der Waals surface area contributed by atoms with Crippen LogP contribution in [0, 0.1) is 6.92 Å². The number of aryl methyl sites for hydroxylation is 1. The lowest BCUT2D eigenvalue weighted by Gasteiger charge is -1.94. The normalized spacial score (nSPS) is 10.8. The highest BCUT2D eigenvalue weighted by Gasteiger charge is 2.00. The van der Waals surface area contributed by atoms with Crippen LogP contribution in [0.5, 0.6) is 0 Å². The number of hydrogen-bond acceptors (Lipinski definition) is 4. The molecule has 0 fully saturated rings. The fraction of sp³-hybridized carbons (Fsp3) is 0.0909. The molecule has 0 bridgehead atoms. The fourth-order valence-electron chi connectivity index (χ4n) is 1.14. The zero-order valence-corrected chi connectivity index (χ0v) is 10.3. The van der Waals surface area contributed by atoms with Crippen LogP contribution in [0.3, 0.4) is 0 Å². The molecule has 2 heterocycles. The third kappa shape index (κ3) is 2.77. The van der Waals surface area contributed by atoms with Gasteiger partial charge in [-0.25, -0.2) is 4.98 Å². The Balaban J connectivity index is 1.98. The van der Waals surface area contributed by atoms with E-state index in [4.69, 9.17) is 0 Å². The topological polar surface area (TPSA) is 42.0 Å². The Morgan fingerprint density at radius 1 is 1.44 bits per heavy atom. The zero-order chi connectivity index (χ0) is 11.4. The lowest BCUT2D eigenvalue weighted by atomic mass is 10.3. The minimum Gasteiger partial charge on any atom is -0.298 e. The van der Waals surface area contributed by atoms with Crippen LogP contribution in [0.2, 0.25) is 0 Å². The van der Waals surface area contributed by atoms with Crippen LogP contribution >= 0.6 is 22.7 Å². The van der Waals surface area contributed by atoms with Gasteiger partial charge in [-0.1, -0.05) is 0 Å². The largest absolute Gasteiger partial charge is 0.298 e. The first-order chi connectivity index (χ1) is 7.75. The number of carbonyl (C=O) groups is 1. The summed E-state index contributed by atoms with van der Waals surface area (Å²) in [5.74, 6) is -0.150. The van der Waals surface area contributed by atoms with Crippen molar-refractivity contribution in [3.8, 4) is 0 Å². The van der Waals surface area contributed by atoms with Crippen LogP contribution < -0.4 is 5.32 Å². The highest BCUT2D eigenvalue weighted by molar-refractivity contribution is 7.13. The van der Waals surface area contributed by atoms with E-state index in [0.29, 0.717) is 5.13 Å². The number of hydrogen-bond donors (Lipinski definition) is 1. The lowest BCUT2D eigenvalue weighted by Crippen LogP contribution is -2.06. The number of thiazole rings is 1. The van der Waals surface area contributed by atoms with Crippen molar-refractivity contribution in [1.29, 1.82) is 0 Å². The zero-order valence-electron chi connectivity index (χ0n) is 8.64. The van der Waals surface area contributed by atoms with Crippen molar-refractivity contribution in [2.75, 3.05) is 5.32 Å². The Hall–Kier alpha value is -1.46. The summed E-state index contributed by atoms with van der Waals surface area (Å²) in [7, 11) is 0. The second kappa shape index (κ2) is 5.05. The Labute approximate surface area is 101 Å². The summed E-state index contributed by atoms with van der Waals surface area (Å²) in [6, 6.07) is 2.03. The smallest absolute Gasteiger partial charge is 0.250 e. The number of nitrogens with zero attached hydrogens (tertiary/aromatic N) is 1. The third-order valence-electron chi connectivity index (χ3n) is 1.95. The first-order valence-electron chi connectivity index (χ1n) is 4.68. The number of amides is 1. The number of nitrogens with one attached hydrogen (secondary N) is 1. The lowest BCUT2D eigenvalue weighted by molar-refractivity contribution is -0.111. The van der Waals surface area contributed by atoms with Gasteiger partial charge < -0.3 is 0 Å². The molecule has 5 heteroatoms. The van der Waals surface area contributed by atoms with E-state index in [2.05, 4.69) is 10.3 Å². The molecule has 0 radical (unpaired) electrons. The van der Waals surface area contributed by atoms with Gasteiger partial charge in [0.25, 0.3) is 0 Å². The summed E-state index contributed by atoms with van der Waals surface area (Å²) >= 11 is 3.02. The molecule has 0 atom stereocenters. The summed E-state index contributed by atoms with van der Waals surface area (Å²) in [6.45, 7) is 2.02. The van der Waals surface area contributed by atoms with Crippen molar-refractivity contribution in [1.82, 2.24) is 4.98 Å². The average molecular weight is 250 g/mol. The molecule has 0 saturated carbocycles. The van der Waals surface area contributed by atoms with Gasteiger partial charge in [0.2, 0.25) is 5.91 Å². The number of thiophene rings is 1. The molecule has 3 nitrogen and oxygen atoms in total. The van der Waals surface area contributed by atoms with Crippen LogP contribution in [0.1, 0.15) is 10.4 Å². The van der Waals surface area contributed by atoms with Crippen LogP contribution in [-0.2, 0) is 4.79 Å². The molecule has 16 heavy (non-hydrogen) atoms. The molecule has 1 amide bonds. The van der Waals surface area contributed by atoms with Crippen LogP contribution in [0.25, 0.3) is 6.08 Å². The molecule has 0 unspecified atom stereocenters. The highest BCUT2D eigenvalue weighted by atomic mass is 32.1. The average Bonchev–Trinajstić information content (AvgIpc) is 2.87. The molecule has 0 aromatic carbocycles. The van der Waals surface area contributed by atoms with Gasteiger partial charge in [-0.3, -0.25) is 10.1 Å². The van der Waals surface area contributed by atoms with E-state index in [1.54, 1.807) is 17.5 Å². The maximum absolute atomic E-state index is 11.5. The minimum atomic E-state index is -0.150. The number of anilines is 1. The monoisotopic (exact) mass is 250 g/mol. The van der Waals surface area contributed by atoms with Gasteiger partial charge in [0.05, 0.1) is 0 Å². The fourth-order valence-corrected chi connectivity index (χ4v) is 2.49. The predicted octanol–water partition coefficient (Wildman–Crippen LogP) is 3.16. The van der Waals surface area contributed by atoms with Gasteiger partial charge in [0.1, 0.15) is 0 Å². The number of aromatic nitrogens is 1. The molecular weight excluding hydrogens is 240 g/mol. The quantitative estimate of drug-likeness (QED) is 0.850. The number of carbonyl (C=O) groups excluding carboxylic acids is 1. The van der Waals surface area contributed by atoms with Gasteiger partial charge >= 0.3 is 0 Å². The minimum absolute atomic E-state index is 0.150. The van der Waals surface area contributed by atoms with Crippen LogP contribution in [0.4, 0.5) is 5.13 Å². The molecule has 1 N–H and O–H groups in total. The maximum atomic E-state index is 11.5. The van der Waals surface area contributed by atoms with Crippen molar-refractivity contribution in [3.05, 3.63) is 39.5 Å². The Bertz CT molecular complexity index is 500. The number of rotatable bonds is 3. The molecule has 82 valence electrons. The van der Waals surface area contributed by atoms with Crippen molar-refractivity contribution < 1.29 is 4.79 Å². The van der Waals surface area contributed by atoms with Crippen LogP contribution in [0.15, 0.2) is 29.1 Å². The second-order valence-electron chi connectivity index (χ2n) is 3.13. The Morgan fingerprint density at radius 3 is 2.94 bits per heavy atom. The van der Waals surface area contributed by atoms with Crippen molar-refractivity contribution in [2.24, 2.45) is 0 Å². The van der Waals surface area contributed by atoms with Crippen LogP contribution in [-0.4, -0.2) is 10.9 Å². The molecule has 0 aliphatic carbocycles. The van der Waals surface area contributed by atoms with E-state index < -0.39 is 0 Å². The van der Waals surface area contributed by atoms with E-state index in [0.717, 1.165) is 4.88 Å². The highest BCUT2D eigenvalue weighted by Crippen LogP contribution is 2.17. The summed E-state index contributed by atoms with van der Waals surface area (Å²) < 4.78 is 0. The summed E-state index contributed by atoms with van der Waals surface area (Å²) in [5, 5.41) is 7.14. The van der Waals surface area contributed by atoms with Gasteiger partial charge in [0.15, 0.2) is 5.13 Å². The van der Waals surface area contributed by atoms with Crippen molar-refractivity contribution in [3.63, 3.8) is 0 Å². The van der Waals surface area contributed by atoms with E-state index in [1.165, 1.54) is 23.0 Å². The summed E-state index contributed by atoms with van der Waals surface area (Å²) in [4.78, 5) is 16.6. The van der Waals surface area contributed by atoms with Gasteiger partial charge in [-0.15, -0.1) is 22.7 Å². The summed E-state index contributed by atoms with van der Waals surface area (Å²) in [6.07, 6.45) is 5.01. The molecule has 0 aliphatic heterocycles. The molecule has 0 saturated heterocycles. The second-order valence-corrected chi connectivity index (χ2v) is 4.97. The first-order valence-corrected chi connectivity index (χ1v) is 6.44. The SMILES string of the molecule is Cc1ccsc1C=CC(=O)Nc1nccs1. The third-order valence-corrected chi connectivity index (χ3v) is 3.62. The maximum Gasteiger partial charge on any atom is 0.250 e. The van der Waals surface area contributed by atoms with Crippen molar-refractivity contribution in [2.45, 2.75) is 6.92 Å². The van der Waals surface area contributed by atoms with Gasteiger partial charge in [-0.2, -0.15) is 0 Å². The molecule has 0 aliphatic rings. The molecule has 2 aromatic rings. The Morgan fingerprint density at radius 2 is 2.31 bits per heavy atom. The van der Waals surface area contributed by atoms with E-state index in [9.17, 15) is 4.79 Å². The van der Waals surface area contributed by atoms with E-state index in [1.807, 2.05) is 29.8 Å². The molecule has 0 spiro atoms. The standard InChI is InChI=1S/C11H10N2OS2/c1-8-4-6-15-9(8)2-3-10(14)13-11-12-5-7-16-11/h2-7H,1H3,(H,12,13,14). The van der Waals surface area contributed by atoms with Gasteiger partial charge in [0, 0.05) is 22.5 Å². The van der Waals surface area contributed by atoms with Crippen molar-refractivity contribution >= 4 is 39.8 Å². The van der Waals surface area contributed by atoms with E-state index in [-0.39, 0.29) is 5.91 Å². The molecular formula is C11H10N2OS2. The first kappa shape index (κ1) is 11.0. The Kier molecular flexibility index (Phi) is 3.48. The molecule has 2 rings (SSSR count). The predicted molar refractivity (Wildman–Crippen MR) is 68.8 cm³/mol. The van der Waals surface area contributed by atoms with E-state index >= 15 is 0 Å². The van der Waals surface area contributed by atoms with Gasteiger partial charge in [-0.05, 0) is 30.0 Å². The summed E-state index contributed by atoms with van der Waals surface area (Å²) in [5.41, 5.74) is 1.18.